The van der Waals surface area contributed by atoms with E-state index in [0.717, 1.165) is 19.2 Å². The Morgan fingerprint density at radius 3 is 2.54 bits per heavy atom. The van der Waals surface area contributed by atoms with Gasteiger partial charge in [-0.15, -0.1) is 0 Å². The van der Waals surface area contributed by atoms with Crippen molar-refractivity contribution in [3.63, 3.8) is 0 Å². The van der Waals surface area contributed by atoms with Gasteiger partial charge in [-0.2, -0.15) is 0 Å². The van der Waals surface area contributed by atoms with E-state index in [0.29, 0.717) is 28.7 Å². The Labute approximate surface area is 230 Å². The second-order valence-corrected chi connectivity index (χ2v) is 10.1. The summed E-state index contributed by atoms with van der Waals surface area (Å²) >= 11 is 11.8. The molecular formula is C26H21BrClIN2O4. The summed E-state index contributed by atoms with van der Waals surface area (Å²) in [4.78, 5) is 26.6. The van der Waals surface area contributed by atoms with Gasteiger partial charge in [0.05, 0.1) is 16.7 Å². The van der Waals surface area contributed by atoms with Gasteiger partial charge >= 0.3 is 6.03 Å². The summed E-state index contributed by atoms with van der Waals surface area (Å²) in [5.41, 5.74) is 2.63. The van der Waals surface area contributed by atoms with Crippen molar-refractivity contribution in [3.05, 3.63) is 96.1 Å². The zero-order valence-electron chi connectivity index (χ0n) is 18.7. The minimum Gasteiger partial charge on any atom is -0.490 e. The van der Waals surface area contributed by atoms with Crippen molar-refractivity contribution in [2.75, 3.05) is 6.61 Å². The number of nitrogens with one attached hydrogen (secondary N) is 1. The minimum atomic E-state index is -0.455. The predicted octanol–water partition coefficient (Wildman–Crippen LogP) is 6.78. The van der Waals surface area contributed by atoms with Crippen LogP contribution in [0.4, 0.5) is 4.79 Å². The van der Waals surface area contributed by atoms with Crippen LogP contribution in [-0.2, 0) is 17.9 Å². The van der Waals surface area contributed by atoms with Gasteiger partial charge in [0.15, 0.2) is 11.5 Å². The van der Waals surface area contributed by atoms with E-state index in [-0.39, 0.29) is 24.8 Å². The highest BCUT2D eigenvalue weighted by Crippen LogP contribution is 2.36. The van der Waals surface area contributed by atoms with E-state index in [1.165, 1.54) is 4.90 Å². The number of carbonyl (C=O) groups is 2. The molecule has 3 amide bonds. The Morgan fingerprint density at radius 2 is 1.83 bits per heavy atom. The summed E-state index contributed by atoms with van der Waals surface area (Å²) in [6, 6.07) is 18.2. The number of halogens is 3. The number of rotatable bonds is 8. The van der Waals surface area contributed by atoms with Crippen molar-refractivity contribution >= 4 is 68.1 Å². The highest BCUT2D eigenvalue weighted by Gasteiger charge is 2.33. The Morgan fingerprint density at radius 1 is 1.09 bits per heavy atom. The topological polar surface area (TPSA) is 67.9 Å². The molecule has 1 heterocycles. The molecule has 1 aliphatic heterocycles. The molecule has 1 N–H and O–H groups in total. The van der Waals surface area contributed by atoms with Crippen LogP contribution < -0.4 is 14.8 Å². The number of hydrogen-bond donors (Lipinski definition) is 1. The molecule has 0 aliphatic carbocycles. The van der Waals surface area contributed by atoms with Crippen LogP contribution in [0, 0.1) is 3.57 Å². The van der Waals surface area contributed by atoms with Gasteiger partial charge in [-0.1, -0.05) is 57.9 Å². The lowest BCUT2D eigenvalue weighted by Gasteiger charge is -2.15. The molecule has 9 heteroatoms. The third kappa shape index (κ3) is 6.17. The summed E-state index contributed by atoms with van der Waals surface area (Å²) in [5, 5.41) is 3.30. The summed E-state index contributed by atoms with van der Waals surface area (Å²) < 4.78 is 13.6. The number of hydrogen-bond acceptors (Lipinski definition) is 4. The lowest BCUT2D eigenvalue weighted by Crippen LogP contribution is -2.30. The van der Waals surface area contributed by atoms with Crippen molar-refractivity contribution in [1.82, 2.24) is 10.2 Å². The number of nitrogens with zero attached hydrogens (tertiary/aromatic N) is 1. The first kappa shape index (κ1) is 25.5. The minimum absolute atomic E-state index is 0.186. The molecule has 1 aliphatic rings. The summed E-state index contributed by atoms with van der Waals surface area (Å²) in [7, 11) is 0. The molecule has 4 rings (SSSR count). The molecule has 3 aromatic rings. The molecule has 3 aromatic carbocycles. The van der Waals surface area contributed by atoms with Crippen LogP contribution in [0.25, 0.3) is 6.08 Å². The second kappa shape index (κ2) is 11.5. The zero-order valence-corrected chi connectivity index (χ0v) is 23.2. The largest absolute Gasteiger partial charge is 0.490 e. The number of carbonyl (C=O) groups excluding carboxylic acids is 2. The van der Waals surface area contributed by atoms with Crippen molar-refractivity contribution < 1.29 is 19.1 Å². The number of urea groups is 1. The third-order valence-electron chi connectivity index (χ3n) is 5.19. The Hall–Kier alpha value is -2.56. The van der Waals surface area contributed by atoms with Crippen LogP contribution in [0.2, 0.25) is 5.02 Å². The van der Waals surface area contributed by atoms with Crippen LogP contribution >= 0.6 is 50.1 Å². The number of amides is 3. The molecule has 0 aromatic heterocycles. The number of ether oxygens (including phenoxy) is 2. The van der Waals surface area contributed by atoms with Gasteiger partial charge in [-0.25, -0.2) is 4.79 Å². The Balaban J connectivity index is 1.55. The van der Waals surface area contributed by atoms with Crippen molar-refractivity contribution in [2.45, 2.75) is 20.1 Å². The normalized spacial score (nSPS) is 14.4. The van der Waals surface area contributed by atoms with Gasteiger partial charge in [-0.05, 0) is 77.0 Å². The van der Waals surface area contributed by atoms with Gasteiger partial charge in [0.25, 0.3) is 5.91 Å². The zero-order chi connectivity index (χ0) is 24.9. The van der Waals surface area contributed by atoms with Gasteiger partial charge < -0.3 is 14.8 Å². The molecule has 0 spiro atoms. The lowest BCUT2D eigenvalue weighted by molar-refractivity contribution is -0.123. The predicted molar refractivity (Wildman–Crippen MR) is 147 cm³/mol. The standard InChI is InChI=1S/C26H21BrClIN2O4/c1-2-34-23-13-17(11-21(29)24(23)35-15-18-5-3-4-6-20(18)28)12-22-25(32)31(26(33)30-22)14-16-7-9-19(27)10-8-16/h3-13H,2,14-15H2,1H3,(H,30,33)/b22-12+. The molecule has 0 atom stereocenters. The number of imide groups is 1. The van der Waals surface area contributed by atoms with Crippen LogP contribution in [-0.4, -0.2) is 23.4 Å². The Bertz CT molecular complexity index is 1300. The molecule has 0 bridgehead atoms. The molecule has 1 saturated heterocycles. The maximum absolute atomic E-state index is 12.9. The first-order valence-electron chi connectivity index (χ1n) is 10.8. The molecular weight excluding hydrogens is 647 g/mol. The third-order valence-corrected chi connectivity index (χ3v) is 6.89. The summed E-state index contributed by atoms with van der Waals surface area (Å²) in [5.74, 6) is 0.750. The van der Waals surface area contributed by atoms with E-state index in [1.54, 1.807) is 12.1 Å². The van der Waals surface area contributed by atoms with Gasteiger partial charge in [0.1, 0.15) is 12.3 Å². The molecule has 0 unspecified atom stereocenters. The fourth-order valence-electron chi connectivity index (χ4n) is 3.49. The highest BCUT2D eigenvalue weighted by atomic mass is 127. The maximum Gasteiger partial charge on any atom is 0.329 e. The van der Waals surface area contributed by atoms with Crippen LogP contribution in [0.15, 0.2) is 70.8 Å². The average Bonchev–Trinajstić information content (AvgIpc) is 3.08. The molecule has 0 saturated carbocycles. The van der Waals surface area contributed by atoms with E-state index in [2.05, 4.69) is 43.8 Å². The second-order valence-electron chi connectivity index (χ2n) is 7.65. The smallest absolute Gasteiger partial charge is 0.329 e. The lowest BCUT2D eigenvalue weighted by atomic mass is 10.1. The van der Waals surface area contributed by atoms with E-state index < -0.39 is 6.03 Å². The molecule has 180 valence electrons. The maximum atomic E-state index is 12.9. The van der Waals surface area contributed by atoms with Crippen molar-refractivity contribution in [3.8, 4) is 11.5 Å². The van der Waals surface area contributed by atoms with E-state index >= 15 is 0 Å². The molecule has 6 nitrogen and oxygen atoms in total. The van der Waals surface area contributed by atoms with Crippen LogP contribution in [0.1, 0.15) is 23.6 Å². The van der Waals surface area contributed by atoms with E-state index in [4.69, 9.17) is 21.1 Å². The number of benzene rings is 3. The van der Waals surface area contributed by atoms with Crippen LogP contribution in [0.5, 0.6) is 11.5 Å². The van der Waals surface area contributed by atoms with Gasteiger partial charge in [0, 0.05) is 15.1 Å². The van der Waals surface area contributed by atoms with E-state index in [9.17, 15) is 9.59 Å². The first-order chi connectivity index (χ1) is 16.9. The monoisotopic (exact) mass is 666 g/mol. The van der Waals surface area contributed by atoms with Crippen LogP contribution in [0.3, 0.4) is 0 Å². The van der Waals surface area contributed by atoms with E-state index in [1.807, 2.05) is 61.5 Å². The quantitative estimate of drug-likeness (QED) is 0.164. The first-order valence-corrected chi connectivity index (χ1v) is 13.0. The van der Waals surface area contributed by atoms with Crippen molar-refractivity contribution in [1.29, 1.82) is 0 Å². The van der Waals surface area contributed by atoms with Gasteiger partial charge in [0.2, 0.25) is 0 Å². The summed E-state index contributed by atoms with van der Waals surface area (Å²) in [6.07, 6.45) is 1.64. The molecule has 35 heavy (non-hydrogen) atoms. The highest BCUT2D eigenvalue weighted by molar-refractivity contribution is 14.1. The summed E-state index contributed by atoms with van der Waals surface area (Å²) in [6.45, 7) is 2.80. The SMILES string of the molecule is CCOc1cc(/C=C2/NC(=O)N(Cc3ccc(Br)cc3)C2=O)cc(I)c1OCc1ccccc1Cl. The molecule has 1 fully saturated rings. The fourth-order valence-corrected chi connectivity index (χ4v) is 4.73. The average molecular weight is 668 g/mol. The van der Waals surface area contributed by atoms with Crippen molar-refractivity contribution in [2.24, 2.45) is 0 Å². The van der Waals surface area contributed by atoms with Gasteiger partial charge in [-0.3, -0.25) is 9.69 Å². The Kier molecular flexibility index (Phi) is 8.35. The molecule has 0 radical (unpaired) electrons. The fraction of sp³-hybridized carbons (Fsp3) is 0.154.